The summed E-state index contributed by atoms with van der Waals surface area (Å²) in [5.74, 6) is 3.11. The molecule has 21 heavy (non-hydrogen) atoms. The number of nitrogen functional groups attached to an aromatic ring is 1. The highest BCUT2D eigenvalue weighted by Crippen LogP contribution is 2.54. The molecular weight excluding hydrogens is 326 g/mol. The largest absolute Gasteiger partial charge is 0.383 e. The van der Waals surface area contributed by atoms with Gasteiger partial charge in [0.2, 0.25) is 0 Å². The first-order valence-electron chi connectivity index (χ1n) is 7.71. The van der Waals surface area contributed by atoms with Gasteiger partial charge < -0.3 is 5.73 Å². The fourth-order valence-electron chi connectivity index (χ4n) is 4.34. The van der Waals surface area contributed by atoms with Crippen LogP contribution in [0.3, 0.4) is 0 Å². The van der Waals surface area contributed by atoms with Crippen LogP contribution in [0.25, 0.3) is 11.1 Å². The molecule has 2 aromatic rings. The van der Waals surface area contributed by atoms with E-state index in [-0.39, 0.29) is 0 Å². The van der Waals surface area contributed by atoms with Crippen molar-refractivity contribution >= 4 is 21.7 Å². The SMILES string of the molecule is Cn1nc(C2CC3CCC2C3)c(-c2cccc(Br)c2)c1N. The van der Waals surface area contributed by atoms with Crippen molar-refractivity contribution in [3.63, 3.8) is 0 Å². The van der Waals surface area contributed by atoms with Crippen LogP contribution in [0, 0.1) is 11.8 Å². The molecule has 1 aromatic carbocycles. The van der Waals surface area contributed by atoms with Crippen molar-refractivity contribution in [1.82, 2.24) is 9.78 Å². The van der Waals surface area contributed by atoms with Crippen molar-refractivity contribution in [2.75, 3.05) is 5.73 Å². The Morgan fingerprint density at radius 2 is 2.14 bits per heavy atom. The van der Waals surface area contributed by atoms with E-state index in [4.69, 9.17) is 10.8 Å². The Bertz CT molecular complexity index is 691. The number of nitrogens with zero attached hydrogens (tertiary/aromatic N) is 2. The molecule has 2 bridgehead atoms. The van der Waals surface area contributed by atoms with Crippen LogP contribution in [0.15, 0.2) is 28.7 Å². The lowest BCUT2D eigenvalue weighted by molar-refractivity contribution is 0.411. The molecule has 3 unspecified atom stereocenters. The van der Waals surface area contributed by atoms with Gasteiger partial charge in [-0.25, -0.2) is 0 Å². The van der Waals surface area contributed by atoms with Crippen LogP contribution in [0.4, 0.5) is 5.82 Å². The van der Waals surface area contributed by atoms with Crippen molar-refractivity contribution in [2.24, 2.45) is 18.9 Å². The van der Waals surface area contributed by atoms with Gasteiger partial charge in [-0.3, -0.25) is 4.68 Å². The summed E-state index contributed by atoms with van der Waals surface area (Å²) in [5, 5.41) is 4.79. The van der Waals surface area contributed by atoms with Crippen LogP contribution < -0.4 is 5.73 Å². The normalized spacial score (nSPS) is 27.4. The molecule has 0 amide bonds. The van der Waals surface area contributed by atoms with Gasteiger partial charge in [0.25, 0.3) is 0 Å². The predicted molar refractivity (Wildman–Crippen MR) is 88.9 cm³/mol. The number of hydrogen-bond donors (Lipinski definition) is 1. The van der Waals surface area contributed by atoms with Crippen molar-refractivity contribution in [3.8, 4) is 11.1 Å². The fraction of sp³-hybridized carbons (Fsp3) is 0.471. The number of rotatable bonds is 2. The number of halogens is 1. The third-order valence-electron chi connectivity index (χ3n) is 5.32. The third-order valence-corrected chi connectivity index (χ3v) is 5.81. The minimum atomic E-state index is 0.598. The van der Waals surface area contributed by atoms with Gasteiger partial charge in [0.1, 0.15) is 5.82 Å². The zero-order chi connectivity index (χ0) is 14.6. The monoisotopic (exact) mass is 345 g/mol. The van der Waals surface area contributed by atoms with Crippen LogP contribution in [0.5, 0.6) is 0 Å². The van der Waals surface area contributed by atoms with Gasteiger partial charge in [0.15, 0.2) is 0 Å². The minimum Gasteiger partial charge on any atom is -0.383 e. The topological polar surface area (TPSA) is 43.8 Å². The Morgan fingerprint density at radius 3 is 2.81 bits per heavy atom. The van der Waals surface area contributed by atoms with Crippen molar-refractivity contribution in [1.29, 1.82) is 0 Å². The molecule has 0 radical (unpaired) electrons. The highest BCUT2D eigenvalue weighted by molar-refractivity contribution is 9.10. The molecule has 0 saturated heterocycles. The molecule has 2 fully saturated rings. The van der Waals surface area contributed by atoms with Crippen LogP contribution >= 0.6 is 15.9 Å². The van der Waals surface area contributed by atoms with Gasteiger partial charge in [0, 0.05) is 23.0 Å². The number of benzene rings is 1. The number of fused-ring (bicyclic) bond motifs is 2. The van der Waals surface area contributed by atoms with Crippen LogP contribution in [-0.2, 0) is 7.05 Å². The smallest absolute Gasteiger partial charge is 0.129 e. The molecule has 0 aliphatic heterocycles. The second kappa shape index (κ2) is 4.87. The van der Waals surface area contributed by atoms with Crippen LogP contribution in [0.1, 0.15) is 37.3 Å². The zero-order valence-electron chi connectivity index (χ0n) is 12.2. The summed E-state index contributed by atoms with van der Waals surface area (Å²) in [6, 6.07) is 8.39. The third kappa shape index (κ3) is 2.11. The highest BCUT2D eigenvalue weighted by atomic mass is 79.9. The van der Waals surface area contributed by atoms with Crippen LogP contribution in [-0.4, -0.2) is 9.78 Å². The first-order valence-corrected chi connectivity index (χ1v) is 8.51. The Hall–Kier alpha value is -1.29. The Balaban J connectivity index is 1.83. The molecule has 2 aliphatic rings. The minimum absolute atomic E-state index is 0.598. The van der Waals surface area contributed by atoms with E-state index >= 15 is 0 Å². The number of nitrogens with two attached hydrogens (primary N) is 1. The maximum absolute atomic E-state index is 6.34. The fourth-order valence-corrected chi connectivity index (χ4v) is 4.74. The number of anilines is 1. The van der Waals surface area contributed by atoms with E-state index in [1.807, 2.05) is 17.8 Å². The summed E-state index contributed by atoms with van der Waals surface area (Å²) < 4.78 is 2.93. The van der Waals surface area contributed by atoms with E-state index < -0.39 is 0 Å². The molecule has 4 heteroatoms. The van der Waals surface area contributed by atoms with E-state index in [0.29, 0.717) is 5.92 Å². The van der Waals surface area contributed by atoms with Crippen LogP contribution in [0.2, 0.25) is 0 Å². The molecule has 1 heterocycles. The summed E-state index contributed by atoms with van der Waals surface area (Å²) in [4.78, 5) is 0. The first kappa shape index (κ1) is 13.4. The predicted octanol–water partition coefficient (Wildman–Crippen LogP) is 4.34. The first-order chi connectivity index (χ1) is 10.1. The van der Waals surface area contributed by atoms with E-state index in [0.717, 1.165) is 27.7 Å². The zero-order valence-corrected chi connectivity index (χ0v) is 13.8. The summed E-state index contributed by atoms with van der Waals surface area (Å²) in [5.41, 5.74) is 9.88. The van der Waals surface area contributed by atoms with E-state index in [2.05, 4.69) is 34.1 Å². The lowest BCUT2D eigenvalue weighted by atomic mass is 9.84. The van der Waals surface area contributed by atoms with Gasteiger partial charge in [-0.1, -0.05) is 34.5 Å². The molecule has 2 N–H and O–H groups in total. The maximum Gasteiger partial charge on any atom is 0.129 e. The second-order valence-corrected chi connectivity index (χ2v) is 7.48. The second-order valence-electron chi connectivity index (χ2n) is 6.56. The average Bonchev–Trinajstić information content (AvgIpc) is 3.14. The summed E-state index contributed by atoms with van der Waals surface area (Å²) in [6.45, 7) is 0. The molecule has 3 atom stereocenters. The van der Waals surface area contributed by atoms with Gasteiger partial charge in [-0.2, -0.15) is 5.10 Å². The van der Waals surface area contributed by atoms with E-state index in [1.54, 1.807) is 0 Å². The van der Waals surface area contributed by atoms with Crippen molar-refractivity contribution in [2.45, 2.75) is 31.6 Å². The average molecular weight is 346 g/mol. The van der Waals surface area contributed by atoms with Crippen molar-refractivity contribution in [3.05, 3.63) is 34.4 Å². The molecular formula is C17H20BrN3. The van der Waals surface area contributed by atoms with Gasteiger partial charge >= 0.3 is 0 Å². The molecule has 1 aromatic heterocycles. The molecule has 110 valence electrons. The standard InChI is InChI=1S/C17H20BrN3/c1-21-17(19)15(12-3-2-4-13(18)9-12)16(20-21)14-8-10-5-6-11(14)7-10/h2-4,9-11,14H,5-8,19H2,1H3. The molecule has 3 nitrogen and oxygen atoms in total. The van der Waals surface area contributed by atoms with E-state index in [9.17, 15) is 0 Å². The summed E-state index contributed by atoms with van der Waals surface area (Å²) >= 11 is 3.56. The molecule has 0 spiro atoms. The lowest BCUT2D eigenvalue weighted by Gasteiger charge is -2.21. The molecule has 2 aliphatic carbocycles. The van der Waals surface area contributed by atoms with Gasteiger partial charge in [0.05, 0.1) is 5.69 Å². The van der Waals surface area contributed by atoms with Gasteiger partial charge in [-0.05, 0) is 48.8 Å². The number of aryl methyl sites for hydroxylation is 1. The van der Waals surface area contributed by atoms with Gasteiger partial charge in [-0.15, -0.1) is 0 Å². The van der Waals surface area contributed by atoms with Crippen molar-refractivity contribution < 1.29 is 0 Å². The Kier molecular flexibility index (Phi) is 3.10. The maximum atomic E-state index is 6.34. The number of aromatic nitrogens is 2. The Labute approximate surface area is 133 Å². The van der Waals surface area contributed by atoms with E-state index in [1.165, 1.54) is 36.9 Å². The summed E-state index contributed by atoms with van der Waals surface area (Å²) in [6.07, 6.45) is 5.46. The Morgan fingerprint density at radius 1 is 1.29 bits per heavy atom. The highest BCUT2D eigenvalue weighted by Gasteiger charge is 2.42. The lowest BCUT2D eigenvalue weighted by Crippen LogP contribution is -2.10. The molecule has 2 saturated carbocycles. The summed E-state index contributed by atoms with van der Waals surface area (Å²) in [7, 11) is 1.95. The molecule has 4 rings (SSSR count). The quantitative estimate of drug-likeness (QED) is 0.879. The number of hydrogen-bond acceptors (Lipinski definition) is 2.